The van der Waals surface area contributed by atoms with Gasteiger partial charge in [0, 0.05) is 21.5 Å². The molecule has 1 aliphatic heterocycles. The maximum Gasteiger partial charge on any atom is 0.255 e. The van der Waals surface area contributed by atoms with E-state index in [1.165, 1.54) is 6.42 Å². The zero-order valence-electron chi connectivity index (χ0n) is 10.7. The number of benzene rings is 1. The number of nitrogens with zero attached hydrogens (tertiary/aromatic N) is 1. The first-order valence-electron chi connectivity index (χ1n) is 6.59. The second-order valence-electron chi connectivity index (χ2n) is 4.85. The van der Waals surface area contributed by atoms with Crippen molar-refractivity contribution < 1.29 is 4.79 Å². The molecule has 104 valence electrons. The summed E-state index contributed by atoms with van der Waals surface area (Å²) in [6.45, 7) is 1.47. The maximum absolute atomic E-state index is 12.7. The first kappa shape index (κ1) is 15.0. The van der Waals surface area contributed by atoms with Crippen molar-refractivity contribution >= 4 is 37.8 Å². The Kier molecular flexibility index (Phi) is 5.42. The molecule has 2 rings (SSSR count). The lowest BCUT2D eigenvalue weighted by atomic mass is 9.98. The minimum Gasteiger partial charge on any atom is -0.336 e. The van der Waals surface area contributed by atoms with Gasteiger partial charge >= 0.3 is 0 Å². The zero-order chi connectivity index (χ0) is 13.8. The van der Waals surface area contributed by atoms with E-state index in [-0.39, 0.29) is 5.91 Å². The third-order valence-electron chi connectivity index (χ3n) is 3.55. The second kappa shape index (κ2) is 6.86. The van der Waals surface area contributed by atoms with Crippen LogP contribution in [0.25, 0.3) is 0 Å². The van der Waals surface area contributed by atoms with Crippen molar-refractivity contribution in [1.82, 2.24) is 4.90 Å². The number of hydrogen-bond donors (Lipinski definition) is 1. The first-order chi connectivity index (χ1) is 9.13. The molecule has 1 aliphatic rings. The lowest BCUT2D eigenvalue weighted by molar-refractivity contribution is 0.0604. The summed E-state index contributed by atoms with van der Waals surface area (Å²) in [5, 5.41) is 0. The van der Waals surface area contributed by atoms with E-state index in [0.717, 1.165) is 40.3 Å². The summed E-state index contributed by atoms with van der Waals surface area (Å²) in [6, 6.07) is 5.97. The van der Waals surface area contributed by atoms with Crippen molar-refractivity contribution in [2.75, 3.05) is 13.1 Å². The monoisotopic (exact) mass is 388 g/mol. The van der Waals surface area contributed by atoms with Gasteiger partial charge in [0.25, 0.3) is 5.91 Å². The van der Waals surface area contributed by atoms with Gasteiger partial charge in [0.1, 0.15) is 0 Å². The van der Waals surface area contributed by atoms with E-state index >= 15 is 0 Å². The molecule has 1 saturated heterocycles. The topological polar surface area (TPSA) is 46.3 Å². The predicted octanol–water partition coefficient (Wildman–Crippen LogP) is 3.56. The van der Waals surface area contributed by atoms with Crippen molar-refractivity contribution in [3.63, 3.8) is 0 Å². The van der Waals surface area contributed by atoms with Crippen molar-refractivity contribution in [1.29, 1.82) is 0 Å². The average molecular weight is 390 g/mol. The minimum absolute atomic E-state index is 0.109. The molecule has 1 aromatic rings. The lowest BCUT2D eigenvalue weighted by Crippen LogP contribution is -2.44. The Morgan fingerprint density at radius 1 is 1.37 bits per heavy atom. The van der Waals surface area contributed by atoms with Crippen LogP contribution in [0, 0.1) is 0 Å². The number of carbonyl (C=O) groups excluding carboxylic acids is 1. The molecule has 1 fully saturated rings. The molecule has 1 heterocycles. The Bertz CT molecular complexity index is 463. The van der Waals surface area contributed by atoms with Gasteiger partial charge in [-0.1, -0.05) is 15.9 Å². The van der Waals surface area contributed by atoms with E-state index in [4.69, 9.17) is 5.73 Å². The summed E-state index contributed by atoms with van der Waals surface area (Å²) in [7, 11) is 0. The highest BCUT2D eigenvalue weighted by Crippen LogP contribution is 2.27. The third-order valence-corrected chi connectivity index (χ3v) is 4.70. The van der Waals surface area contributed by atoms with Crippen molar-refractivity contribution in [3.8, 4) is 0 Å². The Balaban J connectivity index is 2.21. The van der Waals surface area contributed by atoms with E-state index < -0.39 is 0 Å². The van der Waals surface area contributed by atoms with Crippen LogP contribution in [0.15, 0.2) is 27.1 Å². The van der Waals surface area contributed by atoms with Crippen LogP contribution in [-0.2, 0) is 0 Å². The molecule has 0 radical (unpaired) electrons. The Morgan fingerprint density at radius 3 is 2.84 bits per heavy atom. The molecule has 0 aromatic heterocycles. The third kappa shape index (κ3) is 3.58. The first-order valence-corrected chi connectivity index (χ1v) is 8.18. The van der Waals surface area contributed by atoms with E-state index in [1.807, 2.05) is 23.1 Å². The van der Waals surface area contributed by atoms with Crippen molar-refractivity contribution in [2.24, 2.45) is 5.73 Å². The number of amides is 1. The lowest BCUT2D eigenvalue weighted by Gasteiger charge is -2.36. The van der Waals surface area contributed by atoms with Gasteiger partial charge in [-0.3, -0.25) is 4.79 Å². The van der Waals surface area contributed by atoms with Gasteiger partial charge in [0.15, 0.2) is 0 Å². The Morgan fingerprint density at radius 2 is 2.16 bits per heavy atom. The molecular weight excluding hydrogens is 372 g/mol. The molecule has 0 bridgehead atoms. The van der Waals surface area contributed by atoms with E-state index in [9.17, 15) is 4.79 Å². The summed E-state index contributed by atoms with van der Waals surface area (Å²) in [5.41, 5.74) is 6.39. The van der Waals surface area contributed by atoms with Crippen molar-refractivity contribution in [2.45, 2.75) is 31.7 Å². The number of halogens is 2. The van der Waals surface area contributed by atoms with E-state index in [0.29, 0.717) is 12.6 Å². The van der Waals surface area contributed by atoms with Gasteiger partial charge in [-0.05, 0) is 66.4 Å². The summed E-state index contributed by atoms with van der Waals surface area (Å²) in [6.07, 6.45) is 4.23. The summed E-state index contributed by atoms with van der Waals surface area (Å²) in [5.74, 6) is 0.109. The fourth-order valence-corrected chi connectivity index (χ4v) is 3.79. The highest BCUT2D eigenvalue weighted by atomic mass is 79.9. The van der Waals surface area contributed by atoms with Crippen LogP contribution in [0.5, 0.6) is 0 Å². The van der Waals surface area contributed by atoms with Gasteiger partial charge in [0.2, 0.25) is 0 Å². The van der Waals surface area contributed by atoms with E-state index in [1.54, 1.807) is 0 Å². The van der Waals surface area contributed by atoms with E-state index in [2.05, 4.69) is 31.9 Å². The molecule has 1 amide bonds. The Labute approximate surface area is 130 Å². The van der Waals surface area contributed by atoms with Gasteiger partial charge in [-0.2, -0.15) is 0 Å². The molecule has 0 aliphatic carbocycles. The standard InChI is InChI=1S/C14H18Br2N2O/c15-10-4-5-12(13(16)9-10)14(19)18-8-2-1-3-11(18)6-7-17/h4-5,9,11H,1-3,6-8,17H2. The molecule has 1 unspecified atom stereocenters. The van der Waals surface area contributed by atoms with Gasteiger partial charge < -0.3 is 10.6 Å². The van der Waals surface area contributed by atoms with Crippen LogP contribution in [0.1, 0.15) is 36.0 Å². The molecule has 0 saturated carbocycles. The summed E-state index contributed by atoms with van der Waals surface area (Å²) < 4.78 is 1.80. The second-order valence-corrected chi connectivity index (χ2v) is 6.62. The number of likely N-dealkylation sites (tertiary alicyclic amines) is 1. The van der Waals surface area contributed by atoms with Gasteiger partial charge in [-0.25, -0.2) is 0 Å². The van der Waals surface area contributed by atoms with Crippen LogP contribution < -0.4 is 5.73 Å². The van der Waals surface area contributed by atoms with Crippen LogP contribution in [-0.4, -0.2) is 29.9 Å². The molecule has 19 heavy (non-hydrogen) atoms. The van der Waals surface area contributed by atoms with Crippen LogP contribution in [0.2, 0.25) is 0 Å². The fourth-order valence-electron chi connectivity index (χ4n) is 2.58. The average Bonchev–Trinajstić information content (AvgIpc) is 2.39. The minimum atomic E-state index is 0.109. The Hall–Kier alpha value is -0.390. The molecular formula is C14H18Br2N2O. The normalized spacial score (nSPS) is 19.5. The molecule has 5 heteroatoms. The molecule has 0 spiro atoms. The predicted molar refractivity (Wildman–Crippen MR) is 84.2 cm³/mol. The van der Waals surface area contributed by atoms with Crippen LogP contribution in [0.4, 0.5) is 0 Å². The SMILES string of the molecule is NCCC1CCCCN1C(=O)c1ccc(Br)cc1Br. The summed E-state index contributed by atoms with van der Waals surface area (Å²) >= 11 is 6.88. The summed E-state index contributed by atoms with van der Waals surface area (Å²) in [4.78, 5) is 14.6. The van der Waals surface area contributed by atoms with Crippen molar-refractivity contribution in [3.05, 3.63) is 32.7 Å². The zero-order valence-corrected chi connectivity index (χ0v) is 13.9. The van der Waals surface area contributed by atoms with Crippen LogP contribution in [0.3, 0.4) is 0 Å². The number of carbonyl (C=O) groups is 1. The van der Waals surface area contributed by atoms with Gasteiger partial charge in [-0.15, -0.1) is 0 Å². The quantitative estimate of drug-likeness (QED) is 0.858. The van der Waals surface area contributed by atoms with Gasteiger partial charge in [0.05, 0.1) is 5.56 Å². The number of nitrogens with two attached hydrogens (primary N) is 1. The fraction of sp³-hybridized carbons (Fsp3) is 0.500. The molecule has 3 nitrogen and oxygen atoms in total. The highest BCUT2D eigenvalue weighted by Gasteiger charge is 2.27. The molecule has 1 atom stereocenters. The largest absolute Gasteiger partial charge is 0.336 e. The molecule has 2 N–H and O–H groups in total. The number of rotatable bonds is 3. The highest BCUT2D eigenvalue weighted by molar-refractivity contribution is 9.11. The number of piperidine rings is 1. The van der Waals surface area contributed by atoms with Crippen LogP contribution >= 0.6 is 31.9 Å². The smallest absolute Gasteiger partial charge is 0.255 e. The maximum atomic E-state index is 12.7. The number of hydrogen-bond acceptors (Lipinski definition) is 2. The molecule has 1 aromatic carbocycles.